The fourth-order valence-electron chi connectivity index (χ4n) is 9.86. The summed E-state index contributed by atoms with van der Waals surface area (Å²) in [4.78, 5) is 13.5. The Morgan fingerprint density at radius 2 is 1.64 bits per heavy atom. The number of ketones is 1. The quantitative estimate of drug-likeness (QED) is 0.166. The van der Waals surface area contributed by atoms with Gasteiger partial charge in [-0.2, -0.15) is 0 Å². The first-order valence-corrected chi connectivity index (χ1v) is 16.5. The van der Waals surface area contributed by atoms with Gasteiger partial charge in [-0.25, -0.2) is 0 Å². The number of fused-ring (bicyclic) bond motifs is 5. The zero-order valence-corrected chi connectivity index (χ0v) is 27.0. The summed E-state index contributed by atoms with van der Waals surface area (Å²) in [5, 5.41) is 97.6. The maximum Gasteiger partial charge on any atom is 0.187 e. The van der Waals surface area contributed by atoms with Gasteiger partial charge in [0.05, 0.1) is 41.7 Å². The van der Waals surface area contributed by atoms with Gasteiger partial charge in [0, 0.05) is 11.3 Å². The summed E-state index contributed by atoms with van der Waals surface area (Å²) in [6.45, 7) is 8.06. The smallest absolute Gasteiger partial charge is 0.187 e. The monoisotopic (exact) mass is 642 g/mol. The van der Waals surface area contributed by atoms with Gasteiger partial charge in [0.2, 0.25) is 0 Å². The minimum absolute atomic E-state index is 0.111. The Hall–Kier alpha value is -1.03. The van der Waals surface area contributed by atoms with E-state index in [2.05, 4.69) is 0 Å². The summed E-state index contributed by atoms with van der Waals surface area (Å²) in [5.41, 5.74) is -5.20. The summed E-state index contributed by atoms with van der Waals surface area (Å²) in [7, 11) is 0. The van der Waals surface area contributed by atoms with Gasteiger partial charge in [-0.05, 0) is 101 Å². The number of rotatable bonds is 8. The maximum atomic E-state index is 13.5. The second-order valence-electron chi connectivity index (χ2n) is 16.0. The molecule has 0 aromatic carbocycles. The molecular weight excluding hydrogens is 588 g/mol. The van der Waals surface area contributed by atoms with Gasteiger partial charge in [-0.1, -0.05) is 13.8 Å². The van der Waals surface area contributed by atoms with Gasteiger partial charge in [-0.3, -0.25) is 4.79 Å². The summed E-state index contributed by atoms with van der Waals surface area (Å²) < 4.78 is 11.8. The molecule has 12 nitrogen and oxygen atoms in total. The lowest BCUT2D eigenvalue weighted by atomic mass is 9.45. The Morgan fingerprint density at radius 1 is 0.978 bits per heavy atom. The van der Waals surface area contributed by atoms with Crippen molar-refractivity contribution in [3.8, 4) is 0 Å². The first-order chi connectivity index (χ1) is 20.7. The fourth-order valence-corrected chi connectivity index (χ4v) is 9.86. The summed E-state index contributed by atoms with van der Waals surface area (Å²) >= 11 is 0. The molecule has 12 heteroatoms. The second kappa shape index (κ2) is 11.8. The molecule has 1 heterocycles. The molecule has 45 heavy (non-hydrogen) atoms. The minimum Gasteiger partial charge on any atom is -0.394 e. The van der Waals surface area contributed by atoms with E-state index < -0.39 is 95.1 Å². The zero-order valence-electron chi connectivity index (χ0n) is 27.0. The van der Waals surface area contributed by atoms with Crippen LogP contribution in [0.3, 0.4) is 0 Å². The van der Waals surface area contributed by atoms with Gasteiger partial charge in [0.25, 0.3) is 0 Å². The summed E-state index contributed by atoms with van der Waals surface area (Å²) in [6.07, 6.45) is -6.69. The number of ether oxygens (including phenoxy) is 2. The molecule has 4 fully saturated rings. The van der Waals surface area contributed by atoms with Crippen molar-refractivity contribution in [3.05, 3.63) is 11.6 Å². The molecule has 0 radical (unpaired) electrons. The molecule has 1 saturated heterocycles. The van der Waals surface area contributed by atoms with E-state index in [0.29, 0.717) is 24.8 Å². The SMILES string of the molecule is CC(C)(O)CC[C@@H](O[C@H]1O[C@H](CO)[C@H](O)[C@H](O)[C@H]1O)[C@](C)(O)C1CC[C@@]2(O)C3=CC(=O)C4CC(O)C(O)C[C@]4(C)C3CC[C@]12C. The first kappa shape index (κ1) is 35.3. The molecule has 4 aliphatic carbocycles. The lowest BCUT2D eigenvalue weighted by Gasteiger charge is -2.61. The zero-order chi connectivity index (χ0) is 33.5. The van der Waals surface area contributed by atoms with Crippen molar-refractivity contribution >= 4 is 5.78 Å². The van der Waals surface area contributed by atoms with Gasteiger partial charge in [0.15, 0.2) is 12.1 Å². The van der Waals surface area contributed by atoms with Crippen LogP contribution in [0.1, 0.15) is 86.0 Å². The van der Waals surface area contributed by atoms with Crippen molar-refractivity contribution in [2.24, 2.45) is 28.6 Å². The van der Waals surface area contributed by atoms with E-state index >= 15 is 0 Å². The number of hydrogen-bond acceptors (Lipinski definition) is 12. The Balaban J connectivity index is 1.47. The van der Waals surface area contributed by atoms with Crippen molar-refractivity contribution in [1.82, 2.24) is 0 Å². The number of carbonyl (C=O) groups is 1. The van der Waals surface area contributed by atoms with Crippen LogP contribution in [0.25, 0.3) is 0 Å². The van der Waals surface area contributed by atoms with Crippen LogP contribution in [0.15, 0.2) is 11.6 Å². The van der Waals surface area contributed by atoms with Crippen LogP contribution < -0.4 is 0 Å². The lowest BCUT2D eigenvalue weighted by molar-refractivity contribution is -0.328. The molecule has 0 spiro atoms. The van der Waals surface area contributed by atoms with E-state index in [0.717, 1.165) is 0 Å². The van der Waals surface area contributed by atoms with Gasteiger partial charge >= 0.3 is 0 Å². The van der Waals surface area contributed by atoms with Crippen LogP contribution in [0.4, 0.5) is 0 Å². The first-order valence-electron chi connectivity index (χ1n) is 16.5. The predicted octanol–water partition coefficient (Wildman–Crippen LogP) is -0.322. The standard InChI is InChI=1S/C33H54O12/c1-29(2,41)9-8-24(45-28-27(40)26(39)25(38)22(15-34)44-28)32(5,42)23-7-11-33(43)17-12-19(35)18-13-20(36)21(37)14-30(18,3)16(17)6-10-31(23,33)4/h12,16,18,20-28,34,36-43H,6-11,13-15H2,1-5H3/t16?,18?,20?,21?,22-,23?,24-,25+,26+,27-,28-,30-,31-,32-,33-/m1/s1. The second-order valence-corrected chi connectivity index (χ2v) is 16.0. The number of aliphatic hydroxyl groups is 9. The van der Waals surface area contributed by atoms with Crippen LogP contribution in [0.2, 0.25) is 0 Å². The Bertz CT molecular complexity index is 1150. The number of allylic oxidation sites excluding steroid dienone is 1. The Kier molecular flexibility index (Phi) is 9.28. The van der Waals surface area contributed by atoms with Crippen molar-refractivity contribution in [2.75, 3.05) is 6.61 Å². The predicted molar refractivity (Wildman–Crippen MR) is 159 cm³/mol. The molecule has 5 rings (SSSR count). The molecule has 0 aromatic rings. The summed E-state index contributed by atoms with van der Waals surface area (Å²) in [5.74, 6) is -1.40. The van der Waals surface area contributed by atoms with Crippen molar-refractivity contribution in [3.63, 3.8) is 0 Å². The molecule has 258 valence electrons. The van der Waals surface area contributed by atoms with Crippen LogP contribution >= 0.6 is 0 Å². The molecule has 0 amide bonds. The van der Waals surface area contributed by atoms with Gasteiger partial charge in [0.1, 0.15) is 24.4 Å². The lowest BCUT2D eigenvalue weighted by Crippen LogP contribution is -2.64. The minimum atomic E-state index is -1.69. The fraction of sp³-hybridized carbons (Fsp3) is 0.909. The Labute approximate surface area is 264 Å². The van der Waals surface area contributed by atoms with E-state index in [1.165, 1.54) is 0 Å². The van der Waals surface area contributed by atoms with Crippen LogP contribution in [-0.4, -0.2) is 124 Å². The molecule has 3 saturated carbocycles. The topological polar surface area (TPSA) is 218 Å². The van der Waals surface area contributed by atoms with Crippen LogP contribution in [0.5, 0.6) is 0 Å². The highest BCUT2D eigenvalue weighted by Gasteiger charge is 2.69. The molecule has 0 aromatic heterocycles. The van der Waals surface area contributed by atoms with E-state index in [1.807, 2.05) is 13.8 Å². The molecule has 9 N–H and O–H groups in total. The third kappa shape index (κ3) is 5.65. The van der Waals surface area contributed by atoms with E-state index in [1.54, 1.807) is 26.8 Å². The normalized spacial score (nSPS) is 48.9. The highest BCUT2D eigenvalue weighted by molar-refractivity contribution is 5.95. The molecule has 0 bridgehead atoms. The average Bonchev–Trinajstić information content (AvgIpc) is 3.23. The maximum absolute atomic E-state index is 13.5. The Morgan fingerprint density at radius 3 is 2.27 bits per heavy atom. The highest BCUT2D eigenvalue weighted by atomic mass is 16.7. The van der Waals surface area contributed by atoms with E-state index in [9.17, 15) is 50.8 Å². The average molecular weight is 643 g/mol. The van der Waals surface area contributed by atoms with Gasteiger partial charge in [-0.15, -0.1) is 0 Å². The van der Waals surface area contributed by atoms with Crippen LogP contribution in [0, 0.1) is 28.6 Å². The van der Waals surface area contributed by atoms with E-state index in [4.69, 9.17) is 9.47 Å². The summed E-state index contributed by atoms with van der Waals surface area (Å²) in [6, 6.07) is 0. The number of carbonyl (C=O) groups excluding carboxylic acids is 1. The van der Waals surface area contributed by atoms with Crippen LogP contribution in [-0.2, 0) is 14.3 Å². The third-order valence-corrected chi connectivity index (χ3v) is 12.6. The van der Waals surface area contributed by atoms with Gasteiger partial charge < -0.3 is 55.4 Å². The van der Waals surface area contributed by atoms with Crippen molar-refractivity contribution in [2.45, 2.75) is 152 Å². The molecule has 5 unspecified atom stereocenters. The number of hydrogen-bond donors (Lipinski definition) is 9. The third-order valence-electron chi connectivity index (χ3n) is 12.6. The molecule has 5 aliphatic rings. The molecule has 15 atom stereocenters. The van der Waals surface area contributed by atoms with Crippen molar-refractivity contribution < 1.29 is 60.2 Å². The molecular formula is C33H54O12. The van der Waals surface area contributed by atoms with Crippen molar-refractivity contribution in [1.29, 1.82) is 0 Å². The van der Waals surface area contributed by atoms with E-state index in [-0.39, 0.29) is 43.8 Å². The molecule has 1 aliphatic heterocycles. The largest absolute Gasteiger partial charge is 0.394 e. The highest BCUT2D eigenvalue weighted by Crippen LogP contribution is 2.68. The number of aliphatic hydroxyl groups excluding tert-OH is 6.